The number of hydrogen-bond donors (Lipinski definition) is 2. The highest BCUT2D eigenvalue weighted by Crippen LogP contribution is 2.15. The van der Waals surface area contributed by atoms with Crippen molar-refractivity contribution in [3.63, 3.8) is 0 Å². The number of carbonyl (C=O) groups is 1. The van der Waals surface area contributed by atoms with E-state index in [1.165, 1.54) is 6.92 Å². The molecule has 0 unspecified atom stereocenters. The molecule has 17 heavy (non-hydrogen) atoms. The van der Waals surface area contributed by atoms with Crippen molar-refractivity contribution in [2.45, 2.75) is 13.3 Å². The summed E-state index contributed by atoms with van der Waals surface area (Å²) in [6.07, 6.45) is 4.51. The van der Waals surface area contributed by atoms with E-state index in [0.717, 1.165) is 12.0 Å². The molecule has 0 radical (unpaired) electrons. The highest BCUT2D eigenvalue weighted by Gasteiger charge is 1.97. The monoisotopic (exact) mass is 229 g/mol. The van der Waals surface area contributed by atoms with Crippen LogP contribution in [0.1, 0.15) is 24.5 Å². The molecule has 0 atom stereocenters. The minimum Gasteiger partial charge on any atom is -0.398 e. The van der Waals surface area contributed by atoms with Gasteiger partial charge in [0.1, 0.15) is 0 Å². The van der Waals surface area contributed by atoms with Crippen LogP contribution in [0, 0.1) is 11.3 Å². The molecule has 0 saturated heterocycles. The van der Waals surface area contributed by atoms with E-state index < -0.39 is 0 Å². The van der Waals surface area contributed by atoms with E-state index in [1.54, 1.807) is 18.2 Å². The standard InChI is InChI=1S/C13H15N3O/c1-10(17)16-7-3-2-4-12-8-11(9-14)5-6-13(12)15/h2,4-6,8H,3,7,15H2,1H3,(H,16,17). The van der Waals surface area contributed by atoms with Crippen LogP contribution < -0.4 is 11.1 Å². The second-order valence-electron chi connectivity index (χ2n) is 3.63. The van der Waals surface area contributed by atoms with Crippen molar-refractivity contribution in [3.05, 3.63) is 35.4 Å². The van der Waals surface area contributed by atoms with E-state index in [-0.39, 0.29) is 5.91 Å². The Labute approximate surface area is 101 Å². The third kappa shape index (κ3) is 4.39. The molecule has 1 rings (SSSR count). The molecular weight excluding hydrogens is 214 g/mol. The van der Waals surface area contributed by atoms with Crippen molar-refractivity contribution in [2.75, 3.05) is 12.3 Å². The molecule has 0 fully saturated rings. The van der Waals surface area contributed by atoms with Crippen molar-refractivity contribution in [1.82, 2.24) is 5.32 Å². The number of nitrogen functional groups attached to an aromatic ring is 1. The van der Waals surface area contributed by atoms with Crippen molar-refractivity contribution in [1.29, 1.82) is 5.26 Å². The van der Waals surface area contributed by atoms with Gasteiger partial charge in [-0.15, -0.1) is 0 Å². The number of benzene rings is 1. The van der Waals surface area contributed by atoms with Crippen molar-refractivity contribution in [2.24, 2.45) is 0 Å². The lowest BCUT2D eigenvalue weighted by molar-refractivity contribution is -0.118. The zero-order valence-electron chi connectivity index (χ0n) is 9.73. The number of nitriles is 1. The average Bonchev–Trinajstić information content (AvgIpc) is 2.30. The van der Waals surface area contributed by atoms with Gasteiger partial charge < -0.3 is 11.1 Å². The van der Waals surface area contributed by atoms with Gasteiger partial charge in [-0.1, -0.05) is 12.2 Å². The zero-order valence-corrected chi connectivity index (χ0v) is 9.73. The number of carbonyl (C=O) groups excluding carboxylic acids is 1. The van der Waals surface area contributed by atoms with E-state index in [9.17, 15) is 4.79 Å². The Bertz CT molecular complexity index is 472. The molecule has 88 valence electrons. The molecule has 4 heteroatoms. The van der Waals surface area contributed by atoms with Gasteiger partial charge in [0, 0.05) is 19.2 Å². The van der Waals surface area contributed by atoms with Gasteiger partial charge in [-0.2, -0.15) is 5.26 Å². The molecule has 1 aromatic carbocycles. The molecule has 0 aliphatic carbocycles. The highest BCUT2D eigenvalue weighted by atomic mass is 16.1. The fraction of sp³-hybridized carbons (Fsp3) is 0.231. The first-order valence-corrected chi connectivity index (χ1v) is 5.34. The summed E-state index contributed by atoms with van der Waals surface area (Å²) in [7, 11) is 0. The van der Waals surface area contributed by atoms with E-state index in [1.807, 2.05) is 12.2 Å². The molecule has 4 nitrogen and oxygen atoms in total. The maximum absolute atomic E-state index is 10.6. The Morgan fingerprint density at radius 1 is 1.59 bits per heavy atom. The molecule has 0 saturated carbocycles. The molecule has 0 heterocycles. The van der Waals surface area contributed by atoms with Crippen LogP contribution in [0.15, 0.2) is 24.3 Å². The summed E-state index contributed by atoms with van der Waals surface area (Å²) in [5, 5.41) is 11.5. The summed E-state index contributed by atoms with van der Waals surface area (Å²) in [5.41, 5.74) is 7.83. The smallest absolute Gasteiger partial charge is 0.216 e. The number of amides is 1. The molecule has 3 N–H and O–H groups in total. The molecule has 1 aromatic rings. The molecule has 0 aliphatic heterocycles. The van der Waals surface area contributed by atoms with Crippen molar-refractivity contribution < 1.29 is 4.79 Å². The number of anilines is 1. The van der Waals surface area contributed by atoms with Gasteiger partial charge in [0.15, 0.2) is 0 Å². The maximum Gasteiger partial charge on any atom is 0.216 e. The minimum absolute atomic E-state index is 0.0376. The van der Waals surface area contributed by atoms with E-state index in [2.05, 4.69) is 11.4 Å². The second-order valence-corrected chi connectivity index (χ2v) is 3.63. The predicted molar refractivity (Wildman–Crippen MR) is 67.9 cm³/mol. The quantitative estimate of drug-likeness (QED) is 0.609. The minimum atomic E-state index is -0.0376. The van der Waals surface area contributed by atoms with Gasteiger partial charge in [0.2, 0.25) is 5.91 Å². The topological polar surface area (TPSA) is 78.9 Å². The van der Waals surface area contributed by atoms with Crippen LogP contribution >= 0.6 is 0 Å². The van der Waals surface area contributed by atoms with Gasteiger partial charge >= 0.3 is 0 Å². The normalized spacial score (nSPS) is 10.1. The van der Waals surface area contributed by atoms with Gasteiger partial charge in [0.25, 0.3) is 0 Å². The lowest BCUT2D eigenvalue weighted by Gasteiger charge is -2.01. The maximum atomic E-state index is 10.6. The van der Waals surface area contributed by atoms with Crippen LogP contribution in [0.25, 0.3) is 6.08 Å². The van der Waals surface area contributed by atoms with Crippen LogP contribution in [0.3, 0.4) is 0 Å². The Morgan fingerprint density at radius 2 is 2.35 bits per heavy atom. The Balaban J connectivity index is 2.59. The summed E-state index contributed by atoms with van der Waals surface area (Å²) in [5.74, 6) is -0.0376. The van der Waals surface area contributed by atoms with Gasteiger partial charge in [-0.3, -0.25) is 4.79 Å². The summed E-state index contributed by atoms with van der Waals surface area (Å²) in [4.78, 5) is 10.6. The van der Waals surface area contributed by atoms with Gasteiger partial charge in [0.05, 0.1) is 11.6 Å². The SMILES string of the molecule is CC(=O)NCCC=Cc1cc(C#N)ccc1N. The third-order valence-corrected chi connectivity index (χ3v) is 2.20. The lowest BCUT2D eigenvalue weighted by atomic mass is 10.1. The number of nitrogens with one attached hydrogen (secondary N) is 1. The average molecular weight is 229 g/mol. The lowest BCUT2D eigenvalue weighted by Crippen LogP contribution is -2.20. The molecule has 1 amide bonds. The predicted octanol–water partition coefficient (Wildman–Crippen LogP) is 1.68. The van der Waals surface area contributed by atoms with Crippen molar-refractivity contribution in [3.8, 4) is 6.07 Å². The summed E-state index contributed by atoms with van der Waals surface area (Å²) >= 11 is 0. The largest absolute Gasteiger partial charge is 0.398 e. The fourth-order valence-corrected chi connectivity index (χ4v) is 1.33. The number of hydrogen-bond acceptors (Lipinski definition) is 3. The van der Waals surface area contributed by atoms with E-state index in [0.29, 0.717) is 17.8 Å². The summed E-state index contributed by atoms with van der Waals surface area (Å²) in [6.45, 7) is 2.09. The molecule has 0 bridgehead atoms. The van der Waals surface area contributed by atoms with Crippen LogP contribution in [-0.2, 0) is 4.79 Å². The first-order valence-electron chi connectivity index (χ1n) is 5.34. The first-order chi connectivity index (χ1) is 8.13. The highest BCUT2D eigenvalue weighted by molar-refractivity contribution is 5.72. The van der Waals surface area contributed by atoms with Crippen LogP contribution in [0.2, 0.25) is 0 Å². The number of nitrogens with zero attached hydrogens (tertiary/aromatic N) is 1. The molecule has 0 aromatic heterocycles. The van der Waals surface area contributed by atoms with E-state index >= 15 is 0 Å². The van der Waals surface area contributed by atoms with Crippen LogP contribution in [-0.4, -0.2) is 12.5 Å². The Hall–Kier alpha value is -2.28. The second kappa shape index (κ2) is 6.33. The zero-order chi connectivity index (χ0) is 12.7. The Kier molecular flexibility index (Phi) is 4.77. The number of nitrogens with two attached hydrogens (primary N) is 1. The van der Waals surface area contributed by atoms with Crippen LogP contribution in [0.4, 0.5) is 5.69 Å². The molecule has 0 aliphatic rings. The summed E-state index contributed by atoms with van der Waals surface area (Å²) < 4.78 is 0. The van der Waals surface area contributed by atoms with Crippen molar-refractivity contribution >= 4 is 17.7 Å². The van der Waals surface area contributed by atoms with E-state index in [4.69, 9.17) is 11.0 Å². The fourth-order valence-electron chi connectivity index (χ4n) is 1.33. The first kappa shape index (κ1) is 12.8. The van der Waals surface area contributed by atoms with Crippen LogP contribution in [0.5, 0.6) is 0 Å². The summed E-state index contributed by atoms with van der Waals surface area (Å²) in [6, 6.07) is 7.20. The molecular formula is C13H15N3O. The Morgan fingerprint density at radius 3 is 3.00 bits per heavy atom. The van der Waals surface area contributed by atoms with Gasteiger partial charge in [-0.05, 0) is 30.2 Å². The third-order valence-electron chi connectivity index (χ3n) is 2.20. The molecule has 0 spiro atoms. The van der Waals surface area contributed by atoms with Gasteiger partial charge in [-0.25, -0.2) is 0 Å². The number of rotatable bonds is 4.